The van der Waals surface area contributed by atoms with Gasteiger partial charge >= 0.3 is 0 Å². The Bertz CT molecular complexity index is 528. The molecule has 0 aliphatic heterocycles. The molecule has 2 rings (SSSR count). The average molecular weight is 321 g/mol. The van der Waals surface area contributed by atoms with E-state index < -0.39 is 0 Å². The molecule has 2 aromatic rings. The van der Waals surface area contributed by atoms with Crippen LogP contribution >= 0.6 is 15.9 Å². The van der Waals surface area contributed by atoms with Crippen LogP contribution in [0.15, 0.2) is 47.1 Å². The molecular formula is C15H17BrN2O. The molecule has 0 saturated carbocycles. The lowest BCUT2D eigenvalue weighted by Gasteiger charge is -2.15. The van der Waals surface area contributed by atoms with Crippen LogP contribution in [0.25, 0.3) is 0 Å². The summed E-state index contributed by atoms with van der Waals surface area (Å²) < 4.78 is 6.34. The Labute approximate surface area is 122 Å². The lowest BCUT2D eigenvalue weighted by atomic mass is 10.1. The van der Waals surface area contributed by atoms with Gasteiger partial charge in [0.1, 0.15) is 0 Å². The van der Waals surface area contributed by atoms with Gasteiger partial charge in [0.15, 0.2) is 0 Å². The van der Waals surface area contributed by atoms with Crippen LogP contribution < -0.4 is 10.1 Å². The van der Waals surface area contributed by atoms with Crippen LogP contribution in [0.3, 0.4) is 0 Å². The highest BCUT2D eigenvalue weighted by Crippen LogP contribution is 2.18. The molecule has 0 aliphatic carbocycles. The van der Waals surface area contributed by atoms with Crippen molar-refractivity contribution in [1.82, 2.24) is 10.3 Å². The van der Waals surface area contributed by atoms with Crippen LogP contribution in [0.4, 0.5) is 0 Å². The molecule has 1 N–H and O–H groups in total. The molecule has 1 atom stereocenters. The highest BCUT2D eigenvalue weighted by atomic mass is 79.9. The molecule has 3 nitrogen and oxygen atoms in total. The summed E-state index contributed by atoms with van der Waals surface area (Å²) in [6.45, 7) is 2.88. The van der Waals surface area contributed by atoms with E-state index in [1.165, 1.54) is 5.56 Å². The third-order valence-electron chi connectivity index (χ3n) is 3.01. The van der Waals surface area contributed by atoms with Crippen molar-refractivity contribution in [1.29, 1.82) is 0 Å². The topological polar surface area (TPSA) is 34.1 Å². The molecule has 4 heteroatoms. The summed E-state index contributed by atoms with van der Waals surface area (Å²) in [5.74, 6) is 0.679. The van der Waals surface area contributed by atoms with Gasteiger partial charge in [-0.3, -0.25) is 0 Å². The maximum Gasteiger partial charge on any atom is 0.217 e. The molecule has 0 saturated heterocycles. The van der Waals surface area contributed by atoms with Gasteiger partial charge in [-0.2, -0.15) is 0 Å². The summed E-state index contributed by atoms with van der Waals surface area (Å²) in [4.78, 5) is 4.19. The Morgan fingerprint density at radius 1 is 1.26 bits per heavy atom. The van der Waals surface area contributed by atoms with Crippen molar-refractivity contribution in [3.8, 4) is 5.88 Å². The number of rotatable bonds is 5. The number of ether oxygens (including phenoxy) is 1. The number of nitrogens with one attached hydrogen (secondary N) is 1. The maximum absolute atomic E-state index is 5.24. The highest BCUT2D eigenvalue weighted by molar-refractivity contribution is 9.10. The van der Waals surface area contributed by atoms with Gasteiger partial charge in [0.05, 0.1) is 7.11 Å². The largest absolute Gasteiger partial charge is 0.481 e. The van der Waals surface area contributed by atoms with E-state index in [1.54, 1.807) is 13.3 Å². The molecule has 0 amide bonds. The van der Waals surface area contributed by atoms with Gasteiger partial charge in [-0.1, -0.05) is 34.1 Å². The van der Waals surface area contributed by atoms with E-state index in [2.05, 4.69) is 57.4 Å². The Morgan fingerprint density at radius 2 is 2.00 bits per heavy atom. The minimum Gasteiger partial charge on any atom is -0.481 e. The molecular weight excluding hydrogens is 304 g/mol. The number of aromatic nitrogens is 1. The SMILES string of the molecule is COc1ncccc1CNC(C)c1ccc(Br)cc1. The standard InChI is InChI=1S/C15H17BrN2O/c1-11(12-5-7-14(16)8-6-12)18-10-13-4-3-9-17-15(13)19-2/h3-9,11,18H,10H2,1-2H3. The summed E-state index contributed by atoms with van der Waals surface area (Å²) >= 11 is 3.44. The van der Waals surface area contributed by atoms with Crippen molar-refractivity contribution in [3.63, 3.8) is 0 Å². The number of hydrogen-bond acceptors (Lipinski definition) is 3. The monoisotopic (exact) mass is 320 g/mol. The van der Waals surface area contributed by atoms with E-state index in [9.17, 15) is 0 Å². The minimum absolute atomic E-state index is 0.276. The number of methoxy groups -OCH3 is 1. The first-order valence-corrected chi connectivity index (χ1v) is 6.96. The predicted octanol–water partition coefficient (Wildman–Crippen LogP) is 3.70. The molecule has 1 heterocycles. The first-order chi connectivity index (χ1) is 9.20. The van der Waals surface area contributed by atoms with E-state index in [1.807, 2.05) is 12.1 Å². The fourth-order valence-electron chi connectivity index (χ4n) is 1.87. The number of benzene rings is 1. The molecule has 0 aliphatic rings. The summed E-state index contributed by atoms with van der Waals surface area (Å²) in [5, 5.41) is 3.47. The average Bonchev–Trinajstić information content (AvgIpc) is 2.45. The van der Waals surface area contributed by atoms with Gasteiger partial charge in [0, 0.05) is 28.8 Å². The Hall–Kier alpha value is -1.39. The number of nitrogens with zero attached hydrogens (tertiary/aromatic N) is 1. The smallest absolute Gasteiger partial charge is 0.217 e. The van der Waals surface area contributed by atoms with Crippen molar-refractivity contribution in [2.45, 2.75) is 19.5 Å². The zero-order chi connectivity index (χ0) is 13.7. The zero-order valence-electron chi connectivity index (χ0n) is 11.1. The van der Waals surface area contributed by atoms with Crippen molar-refractivity contribution in [2.24, 2.45) is 0 Å². The zero-order valence-corrected chi connectivity index (χ0v) is 12.6. The lowest BCUT2D eigenvalue weighted by molar-refractivity contribution is 0.389. The quantitative estimate of drug-likeness (QED) is 0.912. The summed E-state index contributed by atoms with van der Waals surface area (Å²) in [6, 6.07) is 12.6. The normalized spacial score (nSPS) is 12.2. The highest BCUT2D eigenvalue weighted by Gasteiger charge is 2.07. The van der Waals surface area contributed by atoms with Gasteiger partial charge in [0.25, 0.3) is 0 Å². The number of pyridine rings is 1. The van der Waals surface area contributed by atoms with Crippen molar-refractivity contribution in [2.75, 3.05) is 7.11 Å². The van der Waals surface area contributed by atoms with E-state index in [-0.39, 0.29) is 6.04 Å². The molecule has 0 fully saturated rings. The summed E-state index contributed by atoms with van der Waals surface area (Å²) in [7, 11) is 1.64. The molecule has 1 aromatic heterocycles. The van der Waals surface area contributed by atoms with Crippen LogP contribution in [0, 0.1) is 0 Å². The van der Waals surface area contributed by atoms with Gasteiger partial charge in [0.2, 0.25) is 5.88 Å². The molecule has 1 aromatic carbocycles. The van der Waals surface area contributed by atoms with Gasteiger partial charge in [-0.25, -0.2) is 4.98 Å². The first-order valence-electron chi connectivity index (χ1n) is 6.17. The molecule has 0 radical (unpaired) electrons. The van der Waals surface area contributed by atoms with E-state index in [0.29, 0.717) is 5.88 Å². The third-order valence-corrected chi connectivity index (χ3v) is 3.54. The second-order valence-corrected chi connectivity index (χ2v) is 5.24. The molecule has 1 unspecified atom stereocenters. The number of halogens is 1. The molecule has 0 bridgehead atoms. The van der Waals surface area contributed by atoms with Crippen molar-refractivity contribution in [3.05, 3.63) is 58.2 Å². The second-order valence-electron chi connectivity index (χ2n) is 4.33. The minimum atomic E-state index is 0.276. The lowest BCUT2D eigenvalue weighted by Crippen LogP contribution is -2.18. The second kappa shape index (κ2) is 6.68. The fraction of sp³-hybridized carbons (Fsp3) is 0.267. The van der Waals surface area contributed by atoms with Gasteiger partial charge < -0.3 is 10.1 Å². The maximum atomic E-state index is 5.24. The first kappa shape index (κ1) is 14.0. The van der Waals surface area contributed by atoms with Crippen LogP contribution in [0.2, 0.25) is 0 Å². The Morgan fingerprint density at radius 3 is 2.68 bits per heavy atom. The van der Waals surface area contributed by atoms with E-state index in [0.717, 1.165) is 16.6 Å². The Balaban J connectivity index is 2.00. The van der Waals surface area contributed by atoms with Gasteiger partial charge in [-0.05, 0) is 30.7 Å². The van der Waals surface area contributed by atoms with Gasteiger partial charge in [-0.15, -0.1) is 0 Å². The predicted molar refractivity (Wildman–Crippen MR) is 80.2 cm³/mol. The molecule has 0 spiro atoms. The summed E-state index contributed by atoms with van der Waals surface area (Å²) in [6.07, 6.45) is 1.74. The Kier molecular flexibility index (Phi) is 4.93. The van der Waals surface area contributed by atoms with Crippen LogP contribution in [0.5, 0.6) is 5.88 Å². The van der Waals surface area contributed by atoms with E-state index >= 15 is 0 Å². The van der Waals surface area contributed by atoms with Crippen LogP contribution in [-0.4, -0.2) is 12.1 Å². The van der Waals surface area contributed by atoms with Crippen molar-refractivity contribution >= 4 is 15.9 Å². The summed E-state index contributed by atoms with van der Waals surface area (Å²) in [5.41, 5.74) is 2.32. The molecule has 19 heavy (non-hydrogen) atoms. The fourth-order valence-corrected chi connectivity index (χ4v) is 2.14. The van der Waals surface area contributed by atoms with Crippen molar-refractivity contribution < 1.29 is 4.74 Å². The van der Waals surface area contributed by atoms with E-state index in [4.69, 9.17) is 4.74 Å². The molecule has 100 valence electrons. The van der Waals surface area contributed by atoms with Crippen LogP contribution in [-0.2, 0) is 6.54 Å². The van der Waals surface area contributed by atoms with Crippen LogP contribution in [0.1, 0.15) is 24.1 Å². The third kappa shape index (κ3) is 3.78. The number of hydrogen-bond donors (Lipinski definition) is 1.